The van der Waals surface area contributed by atoms with E-state index in [9.17, 15) is 18.8 Å². The van der Waals surface area contributed by atoms with Crippen molar-refractivity contribution in [1.29, 1.82) is 5.26 Å². The Morgan fingerprint density at radius 2 is 1.90 bits per heavy atom. The van der Waals surface area contributed by atoms with Crippen LogP contribution in [0.25, 0.3) is 0 Å². The number of nitriles is 1. The highest BCUT2D eigenvalue weighted by molar-refractivity contribution is 7.16. The van der Waals surface area contributed by atoms with E-state index in [1.165, 1.54) is 47.4 Å². The molecule has 1 aromatic heterocycles. The normalized spacial score (nSPS) is 10.2. The van der Waals surface area contributed by atoms with E-state index in [2.05, 4.69) is 5.32 Å². The number of hydrogen-bond donors (Lipinski definition) is 1. The van der Waals surface area contributed by atoms with Gasteiger partial charge in [0.05, 0.1) is 18.1 Å². The second-order valence-electron chi connectivity index (χ2n) is 6.17. The number of thiophene rings is 1. The minimum Gasteiger partial charge on any atom is -0.452 e. The molecule has 0 spiro atoms. The predicted molar refractivity (Wildman–Crippen MR) is 107 cm³/mol. The number of carbonyl (C=O) groups excluding carboxylic acids is 3. The van der Waals surface area contributed by atoms with Gasteiger partial charge in [0.2, 0.25) is 5.91 Å². The van der Waals surface area contributed by atoms with Gasteiger partial charge in [0, 0.05) is 24.0 Å². The maximum absolute atomic E-state index is 13.2. The highest BCUT2D eigenvalue weighted by atomic mass is 32.1. The van der Waals surface area contributed by atoms with E-state index >= 15 is 0 Å². The molecule has 152 valence electrons. The molecule has 1 heterocycles. The van der Waals surface area contributed by atoms with Crippen molar-refractivity contribution in [3.63, 3.8) is 0 Å². The molecule has 0 saturated carbocycles. The fourth-order valence-corrected chi connectivity index (χ4v) is 3.67. The van der Waals surface area contributed by atoms with Gasteiger partial charge in [0.1, 0.15) is 10.8 Å². The molecule has 0 radical (unpaired) electrons. The number of amides is 2. The van der Waals surface area contributed by atoms with E-state index in [0.29, 0.717) is 16.3 Å². The van der Waals surface area contributed by atoms with Gasteiger partial charge in [-0.15, -0.1) is 11.3 Å². The molecule has 9 heteroatoms. The van der Waals surface area contributed by atoms with Crippen LogP contribution < -0.4 is 10.2 Å². The van der Waals surface area contributed by atoms with Gasteiger partial charge in [0.25, 0.3) is 5.91 Å². The number of rotatable bonds is 7. The van der Waals surface area contributed by atoms with Crippen molar-refractivity contribution in [2.24, 2.45) is 0 Å². The molecule has 0 saturated heterocycles. The molecule has 2 amide bonds. The number of nitrogens with one attached hydrogen (secondary N) is 1. The maximum Gasteiger partial charge on any atom is 0.341 e. The zero-order valence-corrected chi connectivity index (χ0v) is 17.1. The van der Waals surface area contributed by atoms with Crippen LogP contribution in [-0.2, 0) is 14.3 Å². The smallest absolute Gasteiger partial charge is 0.341 e. The Morgan fingerprint density at radius 3 is 2.48 bits per heavy atom. The largest absolute Gasteiger partial charge is 0.452 e. The molecule has 29 heavy (non-hydrogen) atoms. The summed E-state index contributed by atoms with van der Waals surface area (Å²) in [5, 5.41) is 11.8. The number of aryl methyl sites for hydroxylation is 1. The second kappa shape index (κ2) is 9.80. The number of halogens is 1. The molecule has 1 aromatic carbocycles. The SMILES string of the molecule is CC(=O)Nc1sc(C)c(C)c1C(=O)OCC(=O)N(CCC#N)c1ccc(F)cc1. The molecule has 0 bridgehead atoms. The molecule has 2 rings (SSSR count). The number of benzene rings is 1. The van der Waals surface area contributed by atoms with E-state index < -0.39 is 24.3 Å². The first-order valence-electron chi connectivity index (χ1n) is 8.72. The number of nitrogens with zero attached hydrogens (tertiary/aromatic N) is 2. The zero-order valence-electron chi connectivity index (χ0n) is 16.2. The lowest BCUT2D eigenvalue weighted by molar-refractivity contribution is -0.121. The molecular formula is C20H20FN3O4S. The van der Waals surface area contributed by atoms with Gasteiger partial charge >= 0.3 is 5.97 Å². The summed E-state index contributed by atoms with van der Waals surface area (Å²) in [5.74, 6) is -2.06. The third-order valence-corrected chi connectivity index (χ3v) is 5.21. The summed E-state index contributed by atoms with van der Waals surface area (Å²) in [6.45, 7) is 4.39. The van der Waals surface area contributed by atoms with E-state index in [1.54, 1.807) is 6.92 Å². The Morgan fingerprint density at radius 1 is 1.24 bits per heavy atom. The first kappa shape index (κ1) is 22.0. The summed E-state index contributed by atoms with van der Waals surface area (Å²) in [5.41, 5.74) is 1.26. The van der Waals surface area contributed by atoms with Gasteiger partial charge in [-0.05, 0) is 43.7 Å². The third-order valence-electron chi connectivity index (χ3n) is 4.09. The van der Waals surface area contributed by atoms with Crippen LogP contribution in [0.3, 0.4) is 0 Å². The van der Waals surface area contributed by atoms with Gasteiger partial charge in [-0.25, -0.2) is 9.18 Å². The van der Waals surface area contributed by atoms with Crippen LogP contribution in [0.5, 0.6) is 0 Å². The molecule has 0 aliphatic carbocycles. The Kier molecular flexibility index (Phi) is 7.45. The van der Waals surface area contributed by atoms with Gasteiger partial charge in [-0.2, -0.15) is 5.26 Å². The van der Waals surface area contributed by atoms with Gasteiger partial charge in [-0.3, -0.25) is 9.59 Å². The zero-order chi connectivity index (χ0) is 21.6. The van der Waals surface area contributed by atoms with Crippen molar-refractivity contribution in [2.75, 3.05) is 23.4 Å². The topological polar surface area (TPSA) is 99.5 Å². The quantitative estimate of drug-likeness (QED) is 0.695. The Hall–Kier alpha value is -3.25. The van der Waals surface area contributed by atoms with Gasteiger partial charge in [0.15, 0.2) is 6.61 Å². The third kappa shape index (κ3) is 5.62. The minimum absolute atomic E-state index is 0.0621. The van der Waals surface area contributed by atoms with Crippen molar-refractivity contribution in [1.82, 2.24) is 0 Å². The van der Waals surface area contributed by atoms with Crippen molar-refractivity contribution in [3.8, 4) is 6.07 Å². The van der Waals surface area contributed by atoms with Crippen LogP contribution in [0, 0.1) is 31.0 Å². The summed E-state index contributed by atoms with van der Waals surface area (Å²) in [7, 11) is 0. The van der Waals surface area contributed by atoms with Crippen LogP contribution in [-0.4, -0.2) is 30.9 Å². The van der Waals surface area contributed by atoms with E-state index in [1.807, 2.05) is 13.0 Å². The Labute approximate surface area is 171 Å². The summed E-state index contributed by atoms with van der Waals surface area (Å²) >= 11 is 1.25. The van der Waals surface area contributed by atoms with Crippen molar-refractivity contribution in [3.05, 3.63) is 46.1 Å². The van der Waals surface area contributed by atoms with Crippen LogP contribution in [0.4, 0.5) is 15.1 Å². The van der Waals surface area contributed by atoms with Crippen LogP contribution >= 0.6 is 11.3 Å². The van der Waals surface area contributed by atoms with Crippen LogP contribution in [0.1, 0.15) is 34.1 Å². The molecule has 7 nitrogen and oxygen atoms in total. The fourth-order valence-electron chi connectivity index (χ4n) is 2.58. The Bertz CT molecular complexity index is 963. The van der Waals surface area contributed by atoms with Crippen molar-refractivity contribution >= 4 is 39.8 Å². The van der Waals surface area contributed by atoms with E-state index in [4.69, 9.17) is 10.00 Å². The lowest BCUT2D eigenvalue weighted by Gasteiger charge is -2.21. The average molecular weight is 417 g/mol. The van der Waals surface area contributed by atoms with Crippen molar-refractivity contribution < 1.29 is 23.5 Å². The molecule has 0 aliphatic rings. The van der Waals surface area contributed by atoms with Crippen LogP contribution in [0.15, 0.2) is 24.3 Å². The number of carbonyl (C=O) groups is 3. The predicted octanol–water partition coefficient (Wildman–Crippen LogP) is 3.57. The maximum atomic E-state index is 13.2. The molecule has 2 aromatic rings. The number of ether oxygens (including phenoxy) is 1. The van der Waals surface area contributed by atoms with E-state index in [-0.39, 0.29) is 24.4 Å². The molecule has 0 fully saturated rings. The first-order chi connectivity index (χ1) is 13.7. The summed E-state index contributed by atoms with van der Waals surface area (Å²) < 4.78 is 18.3. The summed E-state index contributed by atoms with van der Waals surface area (Å²) in [6.07, 6.45) is 0.0621. The van der Waals surface area contributed by atoms with E-state index in [0.717, 1.165) is 4.88 Å². The highest BCUT2D eigenvalue weighted by Gasteiger charge is 2.24. The lowest BCUT2D eigenvalue weighted by Crippen LogP contribution is -2.35. The minimum atomic E-state index is -0.733. The lowest BCUT2D eigenvalue weighted by atomic mass is 10.1. The summed E-state index contributed by atoms with van der Waals surface area (Å²) in [4.78, 5) is 38.6. The number of esters is 1. The average Bonchev–Trinajstić information content (AvgIpc) is 2.94. The first-order valence-corrected chi connectivity index (χ1v) is 9.53. The number of anilines is 2. The molecule has 0 aliphatic heterocycles. The fraction of sp³-hybridized carbons (Fsp3) is 0.300. The summed E-state index contributed by atoms with van der Waals surface area (Å²) in [6, 6.07) is 7.17. The Balaban J connectivity index is 2.15. The monoisotopic (exact) mass is 417 g/mol. The molecule has 0 atom stereocenters. The second-order valence-corrected chi connectivity index (χ2v) is 7.40. The molecule has 1 N–H and O–H groups in total. The van der Waals surface area contributed by atoms with Crippen molar-refractivity contribution in [2.45, 2.75) is 27.2 Å². The number of hydrogen-bond acceptors (Lipinski definition) is 6. The highest BCUT2D eigenvalue weighted by Crippen LogP contribution is 2.33. The van der Waals surface area contributed by atoms with Gasteiger partial charge < -0.3 is 15.0 Å². The molecule has 0 unspecified atom stereocenters. The standard InChI is InChI=1S/C20H20FN3O4S/c1-12-13(2)29-19(23-14(3)25)18(12)20(27)28-11-17(26)24(10-4-9-22)16-7-5-15(21)6-8-16/h5-8H,4,10-11H2,1-3H3,(H,23,25). The van der Waals surface area contributed by atoms with Gasteiger partial charge in [-0.1, -0.05) is 0 Å². The molecular weight excluding hydrogens is 397 g/mol. The van der Waals surface area contributed by atoms with Crippen LogP contribution in [0.2, 0.25) is 0 Å².